The molecule has 10 nitrogen and oxygen atoms in total. The summed E-state index contributed by atoms with van der Waals surface area (Å²) in [6.07, 6.45) is 10.8. The van der Waals surface area contributed by atoms with Gasteiger partial charge in [-0.05, 0) is 31.3 Å². The fourth-order valence-electron chi connectivity index (χ4n) is 3.77. The van der Waals surface area contributed by atoms with Gasteiger partial charge in [0.25, 0.3) is 5.91 Å². The summed E-state index contributed by atoms with van der Waals surface area (Å²) in [5.41, 5.74) is 9.05. The molecule has 4 rings (SSSR count). The monoisotopic (exact) mass is 453 g/mol. The minimum Gasteiger partial charge on any atom is -0.364 e. The number of nitrogens with two attached hydrogens (primary N) is 1. The molecule has 3 aromatic heterocycles. The lowest BCUT2D eigenvalue weighted by molar-refractivity contribution is 0.0822. The second kappa shape index (κ2) is 9.53. The Labute approximate surface area is 190 Å². The fourth-order valence-corrected chi connectivity index (χ4v) is 4.59. The van der Waals surface area contributed by atoms with Gasteiger partial charge in [0.2, 0.25) is 0 Å². The van der Waals surface area contributed by atoms with E-state index in [1.54, 1.807) is 32.7 Å². The average molecular weight is 454 g/mol. The molecule has 1 aliphatic carbocycles. The van der Waals surface area contributed by atoms with E-state index in [-0.39, 0.29) is 23.7 Å². The van der Waals surface area contributed by atoms with Crippen molar-refractivity contribution in [2.75, 3.05) is 24.7 Å². The van der Waals surface area contributed by atoms with E-state index in [2.05, 4.69) is 30.0 Å². The quantitative estimate of drug-likeness (QED) is 0.515. The molecule has 4 N–H and O–H groups in total. The molecule has 0 saturated heterocycles. The van der Waals surface area contributed by atoms with Gasteiger partial charge in [-0.15, -0.1) is 0 Å². The van der Waals surface area contributed by atoms with Gasteiger partial charge in [-0.25, -0.2) is 19.9 Å². The molecule has 2 atom stereocenters. The molecule has 0 aliphatic heterocycles. The van der Waals surface area contributed by atoms with Crippen LogP contribution in [0, 0.1) is 6.92 Å². The summed E-state index contributed by atoms with van der Waals surface area (Å²) < 4.78 is 4.47. The first-order chi connectivity index (χ1) is 15.4. The molecule has 168 valence electrons. The van der Waals surface area contributed by atoms with Crippen molar-refractivity contribution < 1.29 is 4.79 Å². The Kier molecular flexibility index (Phi) is 6.56. The smallest absolute Gasteiger partial charge is 0.275 e. The zero-order chi connectivity index (χ0) is 22.7. The summed E-state index contributed by atoms with van der Waals surface area (Å²) in [6, 6.07) is 0.197. The summed E-state index contributed by atoms with van der Waals surface area (Å²) >= 11 is 1.29. The lowest BCUT2D eigenvalue weighted by atomic mass is 9.91. The van der Waals surface area contributed by atoms with E-state index in [0.717, 1.165) is 47.5 Å². The van der Waals surface area contributed by atoms with Crippen LogP contribution in [-0.4, -0.2) is 61.3 Å². The van der Waals surface area contributed by atoms with Gasteiger partial charge in [-0.1, -0.05) is 12.8 Å². The normalized spacial score (nSPS) is 18.2. The first-order valence-corrected chi connectivity index (χ1v) is 11.3. The van der Waals surface area contributed by atoms with Crippen molar-refractivity contribution in [1.29, 1.82) is 0 Å². The molecule has 0 bridgehead atoms. The molecule has 32 heavy (non-hydrogen) atoms. The van der Waals surface area contributed by atoms with Crippen molar-refractivity contribution in [3.63, 3.8) is 0 Å². The van der Waals surface area contributed by atoms with E-state index in [1.165, 1.54) is 22.8 Å². The van der Waals surface area contributed by atoms with Crippen LogP contribution in [0.2, 0.25) is 0 Å². The fraction of sp³-hybridized carbons (Fsp3) is 0.429. The third-order valence-corrected chi connectivity index (χ3v) is 6.33. The third kappa shape index (κ3) is 4.68. The highest BCUT2D eigenvalue weighted by molar-refractivity contribution is 7.11. The minimum atomic E-state index is -0.244. The molecule has 1 fully saturated rings. The Balaban J connectivity index is 1.69. The predicted octanol–water partition coefficient (Wildman–Crippen LogP) is 2.83. The molecular weight excluding hydrogens is 426 g/mol. The van der Waals surface area contributed by atoms with Crippen LogP contribution in [0.15, 0.2) is 24.9 Å². The number of rotatable bonds is 6. The van der Waals surface area contributed by atoms with Gasteiger partial charge < -0.3 is 21.3 Å². The Morgan fingerprint density at radius 3 is 2.66 bits per heavy atom. The van der Waals surface area contributed by atoms with Crippen LogP contribution in [-0.2, 0) is 0 Å². The van der Waals surface area contributed by atoms with E-state index in [9.17, 15) is 4.79 Å². The summed E-state index contributed by atoms with van der Waals surface area (Å²) in [4.78, 5) is 31.6. The van der Waals surface area contributed by atoms with E-state index >= 15 is 0 Å². The molecule has 3 aromatic rings. The van der Waals surface area contributed by atoms with Gasteiger partial charge >= 0.3 is 0 Å². The first-order valence-electron chi connectivity index (χ1n) is 10.5. The van der Waals surface area contributed by atoms with Crippen LogP contribution >= 0.6 is 11.5 Å². The molecule has 0 aromatic carbocycles. The van der Waals surface area contributed by atoms with E-state index < -0.39 is 0 Å². The average Bonchev–Trinajstić information content (AvgIpc) is 3.15. The van der Waals surface area contributed by atoms with Crippen molar-refractivity contribution in [2.24, 2.45) is 5.73 Å². The van der Waals surface area contributed by atoms with Crippen molar-refractivity contribution >= 4 is 34.1 Å². The topological polar surface area (TPSA) is 135 Å². The van der Waals surface area contributed by atoms with E-state index in [1.807, 2.05) is 6.92 Å². The summed E-state index contributed by atoms with van der Waals surface area (Å²) in [5, 5.41) is 7.44. The van der Waals surface area contributed by atoms with Gasteiger partial charge in [0.1, 0.15) is 17.1 Å². The second-order valence-corrected chi connectivity index (χ2v) is 8.85. The van der Waals surface area contributed by atoms with Gasteiger partial charge in [0.05, 0.1) is 11.9 Å². The lowest BCUT2D eigenvalue weighted by Crippen LogP contribution is -2.42. The summed E-state index contributed by atoms with van der Waals surface area (Å²) in [7, 11) is 3.37. The van der Waals surface area contributed by atoms with Crippen LogP contribution in [0.3, 0.4) is 0 Å². The molecule has 0 spiro atoms. The maximum Gasteiger partial charge on any atom is 0.275 e. The van der Waals surface area contributed by atoms with Gasteiger partial charge in [-0.2, -0.15) is 4.37 Å². The molecule has 0 unspecified atom stereocenters. The molecule has 1 aliphatic rings. The summed E-state index contributed by atoms with van der Waals surface area (Å²) in [5.74, 6) is 0.697. The SMILES string of the molecule is Cc1nsc(Nc2nc(N[C@@H]3CCCC[C@@H]3N)cnc2C(=O)N(C)C)c1-c1cncnc1. The van der Waals surface area contributed by atoms with Crippen molar-refractivity contribution in [1.82, 2.24) is 29.2 Å². The number of hydrogen-bond donors (Lipinski definition) is 3. The zero-order valence-electron chi connectivity index (χ0n) is 18.4. The van der Waals surface area contributed by atoms with Crippen LogP contribution in [0.25, 0.3) is 11.1 Å². The molecule has 0 radical (unpaired) electrons. The highest BCUT2D eigenvalue weighted by atomic mass is 32.1. The molecular formula is C21H27N9OS. The third-order valence-electron chi connectivity index (χ3n) is 5.48. The molecule has 3 heterocycles. The van der Waals surface area contributed by atoms with Crippen LogP contribution in [0.5, 0.6) is 0 Å². The van der Waals surface area contributed by atoms with Crippen molar-refractivity contribution in [2.45, 2.75) is 44.7 Å². The molecule has 11 heteroatoms. The van der Waals surface area contributed by atoms with Gasteiger partial charge in [-0.3, -0.25) is 4.79 Å². The Hall–Kier alpha value is -3.18. The van der Waals surface area contributed by atoms with Crippen LogP contribution in [0.4, 0.5) is 16.6 Å². The van der Waals surface area contributed by atoms with Crippen LogP contribution < -0.4 is 16.4 Å². The number of nitrogens with one attached hydrogen (secondary N) is 2. The number of nitrogens with zero attached hydrogens (tertiary/aromatic N) is 6. The number of aryl methyl sites for hydroxylation is 1. The van der Waals surface area contributed by atoms with Crippen molar-refractivity contribution in [3.05, 3.63) is 36.3 Å². The van der Waals surface area contributed by atoms with Gasteiger partial charge in [0.15, 0.2) is 11.5 Å². The minimum absolute atomic E-state index is 0.0684. The summed E-state index contributed by atoms with van der Waals surface area (Å²) in [6.45, 7) is 1.92. The number of carbonyl (C=O) groups excluding carboxylic acids is 1. The number of amides is 1. The van der Waals surface area contributed by atoms with E-state index in [4.69, 9.17) is 10.7 Å². The van der Waals surface area contributed by atoms with E-state index in [0.29, 0.717) is 11.6 Å². The zero-order valence-corrected chi connectivity index (χ0v) is 19.2. The standard InChI is InChI=1S/C21H27N9OS/c1-12-17(13-8-23-11-24-9-13)20(32-29-12)28-19-18(21(31)30(2)3)25-10-16(27-19)26-15-7-5-4-6-14(15)22/h8-11,14-15H,4-7,22H2,1-3H3,(H2,26,27,28)/t14-,15+/m0/s1. The molecule has 1 amide bonds. The largest absolute Gasteiger partial charge is 0.364 e. The highest BCUT2D eigenvalue weighted by Crippen LogP contribution is 2.36. The maximum atomic E-state index is 12.8. The Morgan fingerprint density at radius 1 is 1.19 bits per heavy atom. The first kappa shape index (κ1) is 22.0. The Bertz CT molecular complexity index is 1090. The number of aromatic nitrogens is 5. The maximum absolute atomic E-state index is 12.8. The second-order valence-electron chi connectivity index (χ2n) is 8.08. The highest BCUT2D eigenvalue weighted by Gasteiger charge is 2.24. The van der Waals surface area contributed by atoms with Crippen molar-refractivity contribution in [3.8, 4) is 11.1 Å². The molecule has 1 saturated carbocycles. The Morgan fingerprint density at radius 2 is 1.94 bits per heavy atom. The number of anilines is 3. The predicted molar refractivity (Wildman–Crippen MR) is 125 cm³/mol. The lowest BCUT2D eigenvalue weighted by Gasteiger charge is -2.29. The number of hydrogen-bond acceptors (Lipinski definition) is 10. The number of carbonyl (C=O) groups is 1. The van der Waals surface area contributed by atoms with Gasteiger partial charge in [0, 0.05) is 49.7 Å². The van der Waals surface area contributed by atoms with Crippen LogP contribution in [0.1, 0.15) is 41.9 Å².